The van der Waals surface area contributed by atoms with Crippen LogP contribution in [0.5, 0.6) is 0 Å². The minimum Gasteiger partial charge on any atom is -0.381 e. The third kappa shape index (κ3) is 6.61. The van der Waals surface area contributed by atoms with Crippen LogP contribution in [-0.2, 0) is 14.3 Å². The van der Waals surface area contributed by atoms with Gasteiger partial charge >= 0.3 is 0 Å². The van der Waals surface area contributed by atoms with E-state index in [0.717, 1.165) is 26.1 Å². The topological polar surface area (TPSA) is 59.6 Å². The first-order valence-corrected chi connectivity index (χ1v) is 6.41. The van der Waals surface area contributed by atoms with E-state index in [1.165, 1.54) is 0 Å². The second-order valence-electron chi connectivity index (χ2n) is 4.35. The number of nitrogens with one attached hydrogen (secondary N) is 2. The molecular weight excluding hydrogens is 220 g/mol. The molecule has 1 amide bonds. The molecule has 0 saturated carbocycles. The number of carbonyl (C=O) groups is 1. The lowest BCUT2D eigenvalue weighted by molar-refractivity contribution is -0.121. The van der Waals surface area contributed by atoms with Crippen molar-refractivity contribution in [2.45, 2.75) is 38.8 Å². The lowest BCUT2D eigenvalue weighted by Gasteiger charge is -2.23. The van der Waals surface area contributed by atoms with E-state index in [4.69, 9.17) is 9.47 Å². The molecule has 1 saturated heterocycles. The molecule has 1 atom stereocenters. The third-order valence-electron chi connectivity index (χ3n) is 2.75. The molecule has 5 heteroatoms. The van der Waals surface area contributed by atoms with Gasteiger partial charge in [0.05, 0.1) is 12.6 Å². The summed E-state index contributed by atoms with van der Waals surface area (Å²) in [6.45, 7) is 7.22. The van der Waals surface area contributed by atoms with Gasteiger partial charge in [0.25, 0.3) is 0 Å². The van der Waals surface area contributed by atoms with Crippen molar-refractivity contribution in [3.63, 3.8) is 0 Å². The maximum atomic E-state index is 11.6. The predicted octanol–water partition coefficient (Wildman–Crippen LogP) is 0.296. The summed E-state index contributed by atoms with van der Waals surface area (Å²) in [5.74, 6) is 0.0561. The highest BCUT2D eigenvalue weighted by molar-refractivity contribution is 5.78. The summed E-state index contributed by atoms with van der Waals surface area (Å²) in [6.07, 6.45) is 1.98. The molecule has 1 aliphatic heterocycles. The van der Waals surface area contributed by atoms with E-state index in [1.54, 1.807) is 0 Å². The highest BCUT2D eigenvalue weighted by Gasteiger charge is 2.15. The summed E-state index contributed by atoms with van der Waals surface area (Å²) in [5, 5.41) is 6.09. The summed E-state index contributed by atoms with van der Waals surface area (Å²) >= 11 is 0. The molecule has 0 radical (unpaired) electrons. The Kier molecular flexibility index (Phi) is 7.16. The smallest absolute Gasteiger partial charge is 0.234 e. The van der Waals surface area contributed by atoms with Crippen molar-refractivity contribution in [3.05, 3.63) is 0 Å². The van der Waals surface area contributed by atoms with E-state index in [0.29, 0.717) is 19.7 Å². The summed E-state index contributed by atoms with van der Waals surface area (Å²) in [5.41, 5.74) is 0. The summed E-state index contributed by atoms with van der Waals surface area (Å²) in [6, 6.07) is 0.280. The molecule has 1 unspecified atom stereocenters. The fraction of sp³-hybridized carbons (Fsp3) is 0.917. The average Bonchev–Trinajstić information content (AvgIpc) is 2.30. The molecule has 0 bridgehead atoms. The van der Waals surface area contributed by atoms with Gasteiger partial charge in [0.2, 0.25) is 5.91 Å². The SMILES string of the molecule is CCOC(C)CNCC(=O)NC1CCOCC1. The summed E-state index contributed by atoms with van der Waals surface area (Å²) in [4.78, 5) is 11.6. The standard InChI is InChI=1S/C12H24N2O3/c1-3-17-10(2)8-13-9-12(15)14-11-4-6-16-7-5-11/h10-11,13H,3-9H2,1-2H3,(H,14,15). The Morgan fingerprint density at radius 1 is 1.47 bits per heavy atom. The van der Waals surface area contributed by atoms with Crippen molar-refractivity contribution in [3.8, 4) is 0 Å². The Hall–Kier alpha value is -0.650. The van der Waals surface area contributed by atoms with Crippen LogP contribution in [0.3, 0.4) is 0 Å². The first-order chi connectivity index (χ1) is 8.22. The molecule has 1 fully saturated rings. The van der Waals surface area contributed by atoms with E-state index >= 15 is 0 Å². The first-order valence-electron chi connectivity index (χ1n) is 6.41. The van der Waals surface area contributed by atoms with Crippen molar-refractivity contribution >= 4 is 5.91 Å². The minimum atomic E-state index is 0.0561. The molecule has 0 spiro atoms. The molecule has 100 valence electrons. The number of ether oxygens (including phenoxy) is 2. The van der Waals surface area contributed by atoms with Crippen LogP contribution in [0.15, 0.2) is 0 Å². The molecular formula is C12H24N2O3. The normalized spacial score (nSPS) is 18.9. The zero-order chi connectivity index (χ0) is 12.5. The molecule has 1 rings (SSSR count). The van der Waals surface area contributed by atoms with Crippen LogP contribution in [-0.4, -0.2) is 51.0 Å². The zero-order valence-electron chi connectivity index (χ0n) is 10.8. The van der Waals surface area contributed by atoms with E-state index in [1.807, 2.05) is 13.8 Å². The van der Waals surface area contributed by atoms with Crippen LogP contribution in [0.1, 0.15) is 26.7 Å². The number of carbonyl (C=O) groups excluding carboxylic acids is 1. The summed E-state index contributed by atoms with van der Waals surface area (Å²) < 4.78 is 10.6. The van der Waals surface area contributed by atoms with Crippen molar-refractivity contribution in [2.24, 2.45) is 0 Å². The van der Waals surface area contributed by atoms with Gasteiger partial charge in [-0.25, -0.2) is 0 Å². The van der Waals surface area contributed by atoms with Gasteiger partial charge in [-0.3, -0.25) is 4.79 Å². The molecule has 1 aliphatic rings. The van der Waals surface area contributed by atoms with Gasteiger partial charge in [-0.05, 0) is 26.7 Å². The van der Waals surface area contributed by atoms with Gasteiger partial charge < -0.3 is 20.1 Å². The quantitative estimate of drug-likeness (QED) is 0.676. The van der Waals surface area contributed by atoms with Crippen molar-refractivity contribution in [1.29, 1.82) is 0 Å². The lowest BCUT2D eigenvalue weighted by atomic mass is 10.1. The Bertz CT molecular complexity index is 218. The van der Waals surface area contributed by atoms with Crippen LogP contribution in [0.25, 0.3) is 0 Å². The van der Waals surface area contributed by atoms with E-state index in [2.05, 4.69) is 10.6 Å². The molecule has 17 heavy (non-hydrogen) atoms. The van der Waals surface area contributed by atoms with E-state index in [-0.39, 0.29) is 18.1 Å². The second-order valence-corrected chi connectivity index (χ2v) is 4.35. The molecule has 1 heterocycles. The fourth-order valence-electron chi connectivity index (χ4n) is 1.85. The predicted molar refractivity (Wildman–Crippen MR) is 65.9 cm³/mol. The van der Waals surface area contributed by atoms with Crippen LogP contribution in [0.2, 0.25) is 0 Å². The van der Waals surface area contributed by atoms with Gasteiger partial charge in [0, 0.05) is 32.4 Å². The Balaban J connectivity index is 2.04. The molecule has 0 aromatic carbocycles. The van der Waals surface area contributed by atoms with Crippen LogP contribution < -0.4 is 10.6 Å². The fourth-order valence-corrected chi connectivity index (χ4v) is 1.85. The number of hydrogen-bond acceptors (Lipinski definition) is 4. The first kappa shape index (κ1) is 14.4. The van der Waals surface area contributed by atoms with Crippen LogP contribution in [0.4, 0.5) is 0 Å². The van der Waals surface area contributed by atoms with Gasteiger partial charge in [0.15, 0.2) is 0 Å². The third-order valence-corrected chi connectivity index (χ3v) is 2.75. The number of rotatable bonds is 7. The summed E-state index contributed by atoms with van der Waals surface area (Å²) in [7, 11) is 0. The molecule has 2 N–H and O–H groups in total. The van der Waals surface area contributed by atoms with Crippen molar-refractivity contribution in [2.75, 3.05) is 32.9 Å². The Morgan fingerprint density at radius 2 is 2.18 bits per heavy atom. The maximum Gasteiger partial charge on any atom is 0.234 e. The van der Waals surface area contributed by atoms with Gasteiger partial charge in [-0.2, -0.15) is 0 Å². The number of hydrogen-bond donors (Lipinski definition) is 2. The van der Waals surface area contributed by atoms with E-state index in [9.17, 15) is 4.79 Å². The minimum absolute atomic E-state index is 0.0561. The van der Waals surface area contributed by atoms with Crippen molar-refractivity contribution < 1.29 is 14.3 Å². The molecule has 0 aromatic rings. The lowest BCUT2D eigenvalue weighted by Crippen LogP contribution is -2.44. The van der Waals surface area contributed by atoms with Gasteiger partial charge in [-0.15, -0.1) is 0 Å². The van der Waals surface area contributed by atoms with Gasteiger partial charge in [-0.1, -0.05) is 0 Å². The molecule has 0 aromatic heterocycles. The largest absolute Gasteiger partial charge is 0.381 e. The van der Waals surface area contributed by atoms with Crippen LogP contribution >= 0.6 is 0 Å². The molecule has 5 nitrogen and oxygen atoms in total. The Morgan fingerprint density at radius 3 is 2.82 bits per heavy atom. The number of amides is 1. The van der Waals surface area contributed by atoms with E-state index < -0.39 is 0 Å². The van der Waals surface area contributed by atoms with Crippen molar-refractivity contribution in [1.82, 2.24) is 10.6 Å². The second kappa shape index (κ2) is 8.44. The highest BCUT2D eigenvalue weighted by Crippen LogP contribution is 2.05. The highest BCUT2D eigenvalue weighted by atomic mass is 16.5. The zero-order valence-corrected chi connectivity index (χ0v) is 10.8. The monoisotopic (exact) mass is 244 g/mol. The molecule has 0 aliphatic carbocycles. The van der Waals surface area contributed by atoms with Gasteiger partial charge in [0.1, 0.15) is 0 Å². The Labute approximate surface area is 103 Å². The maximum absolute atomic E-state index is 11.6. The average molecular weight is 244 g/mol. The van der Waals surface area contributed by atoms with Crippen LogP contribution in [0, 0.1) is 0 Å².